The molecule has 0 aromatic heterocycles. The molecule has 2 aromatic rings. The van der Waals surface area contributed by atoms with Crippen molar-refractivity contribution in [2.24, 2.45) is 0 Å². The molecule has 0 bridgehead atoms. The molecule has 23 heavy (non-hydrogen) atoms. The maximum atomic E-state index is 11.1. The van der Waals surface area contributed by atoms with E-state index in [0.29, 0.717) is 10.6 Å². The highest BCUT2D eigenvalue weighted by molar-refractivity contribution is 7.99. The minimum absolute atomic E-state index is 0.0719. The van der Waals surface area contributed by atoms with Crippen LogP contribution in [0.3, 0.4) is 0 Å². The van der Waals surface area contributed by atoms with Gasteiger partial charge in [-0.3, -0.25) is 10.1 Å². The van der Waals surface area contributed by atoms with E-state index in [-0.39, 0.29) is 11.3 Å². The average Bonchev–Trinajstić information content (AvgIpc) is 2.56. The van der Waals surface area contributed by atoms with Gasteiger partial charge in [-0.1, -0.05) is 30.0 Å². The number of rotatable bonds is 5. The van der Waals surface area contributed by atoms with Gasteiger partial charge in [0.2, 0.25) is 0 Å². The van der Waals surface area contributed by atoms with E-state index in [4.69, 9.17) is 10.5 Å². The normalized spacial score (nSPS) is 9.30. The Labute approximate surface area is 136 Å². The summed E-state index contributed by atoms with van der Waals surface area (Å²) in [6, 6.07) is 17.4. The molecule has 0 aliphatic heterocycles. The number of hydrogen-bond donors (Lipinski definition) is 1. The molecule has 0 radical (unpaired) electrons. The van der Waals surface area contributed by atoms with Crippen molar-refractivity contribution in [1.29, 1.82) is 10.5 Å². The van der Waals surface area contributed by atoms with E-state index >= 15 is 0 Å². The molecule has 0 saturated heterocycles. The number of nitrogens with zero attached hydrogens (tertiary/aromatic N) is 3. The molecule has 0 aliphatic rings. The zero-order valence-electron chi connectivity index (χ0n) is 11.8. The Hall–Kier alpha value is -3.29. The van der Waals surface area contributed by atoms with Crippen LogP contribution in [-0.2, 0) is 0 Å². The zero-order chi connectivity index (χ0) is 16.7. The van der Waals surface area contributed by atoms with Gasteiger partial charge in [0.05, 0.1) is 4.92 Å². The van der Waals surface area contributed by atoms with Gasteiger partial charge < -0.3 is 5.32 Å². The molecule has 2 aromatic carbocycles. The summed E-state index contributed by atoms with van der Waals surface area (Å²) in [6.45, 7) is 0. The molecule has 0 spiro atoms. The fourth-order valence-corrected chi connectivity index (χ4v) is 2.63. The van der Waals surface area contributed by atoms with Crippen molar-refractivity contribution >= 4 is 23.1 Å². The molecule has 7 heteroatoms. The van der Waals surface area contributed by atoms with Crippen molar-refractivity contribution in [3.63, 3.8) is 0 Å². The Bertz CT molecular complexity index is 819. The highest BCUT2D eigenvalue weighted by Crippen LogP contribution is 2.32. The van der Waals surface area contributed by atoms with Crippen molar-refractivity contribution in [1.82, 2.24) is 0 Å². The lowest BCUT2D eigenvalue weighted by atomic mass is 10.2. The second-order valence-electron chi connectivity index (χ2n) is 4.31. The monoisotopic (exact) mass is 322 g/mol. The SMILES string of the molecule is N#CC(C#N)=CNc1cc(Sc2ccccc2)cc([N+](=O)[O-])c1. The van der Waals surface area contributed by atoms with Crippen LogP contribution in [0, 0.1) is 32.8 Å². The third kappa shape index (κ3) is 4.60. The van der Waals surface area contributed by atoms with Gasteiger partial charge in [-0.25, -0.2) is 0 Å². The highest BCUT2D eigenvalue weighted by Gasteiger charge is 2.10. The molecular formula is C16H10N4O2S. The van der Waals surface area contributed by atoms with Crippen LogP contribution in [0.25, 0.3) is 0 Å². The Balaban J connectivity index is 2.33. The smallest absolute Gasteiger partial charge is 0.272 e. The fraction of sp³-hybridized carbons (Fsp3) is 0. The van der Waals surface area contributed by atoms with Crippen LogP contribution >= 0.6 is 11.8 Å². The minimum atomic E-state index is -0.487. The third-order valence-electron chi connectivity index (χ3n) is 2.71. The molecule has 0 amide bonds. The first-order valence-corrected chi connectivity index (χ1v) is 7.23. The summed E-state index contributed by atoms with van der Waals surface area (Å²) in [6.07, 6.45) is 1.22. The maximum Gasteiger partial charge on any atom is 0.272 e. The summed E-state index contributed by atoms with van der Waals surface area (Å²) in [5.74, 6) is 0. The molecule has 0 unspecified atom stereocenters. The van der Waals surface area contributed by atoms with Crippen molar-refractivity contribution in [2.45, 2.75) is 9.79 Å². The van der Waals surface area contributed by atoms with E-state index in [9.17, 15) is 10.1 Å². The lowest BCUT2D eigenvalue weighted by Crippen LogP contribution is -1.94. The first-order valence-electron chi connectivity index (χ1n) is 6.41. The number of benzene rings is 2. The highest BCUT2D eigenvalue weighted by atomic mass is 32.2. The Morgan fingerprint density at radius 2 is 1.83 bits per heavy atom. The van der Waals surface area contributed by atoms with Gasteiger partial charge in [0.1, 0.15) is 17.7 Å². The minimum Gasteiger partial charge on any atom is -0.360 e. The van der Waals surface area contributed by atoms with E-state index in [0.717, 1.165) is 4.90 Å². The van der Waals surface area contributed by atoms with Gasteiger partial charge in [0.25, 0.3) is 5.69 Å². The average molecular weight is 322 g/mol. The number of anilines is 1. The van der Waals surface area contributed by atoms with Crippen LogP contribution < -0.4 is 5.32 Å². The van der Waals surface area contributed by atoms with Crippen LogP contribution in [0.5, 0.6) is 0 Å². The summed E-state index contributed by atoms with van der Waals surface area (Å²) in [5.41, 5.74) is 0.242. The van der Waals surface area contributed by atoms with Crippen LogP contribution in [0.1, 0.15) is 0 Å². The molecule has 1 N–H and O–H groups in total. The van der Waals surface area contributed by atoms with E-state index in [1.165, 1.54) is 30.1 Å². The molecular weight excluding hydrogens is 312 g/mol. The second kappa shape index (κ2) is 7.64. The predicted molar refractivity (Wildman–Crippen MR) is 86.6 cm³/mol. The molecule has 6 nitrogen and oxygen atoms in total. The molecule has 0 heterocycles. The number of hydrogen-bond acceptors (Lipinski definition) is 6. The summed E-state index contributed by atoms with van der Waals surface area (Å²) in [7, 11) is 0. The predicted octanol–water partition coefficient (Wildman–Crippen LogP) is 4.09. The first kappa shape index (κ1) is 16.1. The molecule has 0 fully saturated rings. The van der Waals surface area contributed by atoms with E-state index < -0.39 is 4.92 Å². The molecule has 0 atom stereocenters. The molecule has 112 valence electrons. The molecule has 0 aliphatic carbocycles. The summed E-state index contributed by atoms with van der Waals surface area (Å²) >= 11 is 1.38. The van der Waals surface area contributed by atoms with Crippen molar-refractivity contribution in [3.05, 3.63) is 70.4 Å². The fourth-order valence-electron chi connectivity index (χ4n) is 1.70. The van der Waals surface area contributed by atoms with Gasteiger partial charge in [0.15, 0.2) is 0 Å². The van der Waals surface area contributed by atoms with Gasteiger partial charge in [-0.15, -0.1) is 0 Å². The van der Waals surface area contributed by atoms with Gasteiger partial charge in [-0.2, -0.15) is 10.5 Å². The number of nitrogens with one attached hydrogen (secondary N) is 1. The van der Waals surface area contributed by atoms with Crippen LogP contribution in [0.15, 0.2) is 70.1 Å². The van der Waals surface area contributed by atoms with E-state index in [1.54, 1.807) is 18.2 Å². The summed E-state index contributed by atoms with van der Waals surface area (Å²) in [4.78, 5) is 12.2. The van der Waals surface area contributed by atoms with Crippen molar-refractivity contribution in [3.8, 4) is 12.1 Å². The maximum absolute atomic E-state index is 11.1. The molecule has 0 saturated carbocycles. The third-order valence-corrected chi connectivity index (χ3v) is 3.68. The Morgan fingerprint density at radius 1 is 1.13 bits per heavy atom. The molecule has 2 rings (SSSR count). The number of allylic oxidation sites excluding steroid dienone is 1. The zero-order valence-corrected chi connectivity index (χ0v) is 12.6. The Kier molecular flexibility index (Phi) is 5.35. The van der Waals surface area contributed by atoms with Crippen LogP contribution in [0.2, 0.25) is 0 Å². The van der Waals surface area contributed by atoms with Gasteiger partial charge in [-0.05, 0) is 18.2 Å². The van der Waals surface area contributed by atoms with Crippen LogP contribution in [0.4, 0.5) is 11.4 Å². The number of nitriles is 2. The van der Waals surface area contributed by atoms with E-state index in [1.807, 2.05) is 30.3 Å². The topological polar surface area (TPSA) is 103 Å². The number of nitro groups is 1. The Morgan fingerprint density at radius 3 is 2.43 bits per heavy atom. The van der Waals surface area contributed by atoms with Crippen LogP contribution in [-0.4, -0.2) is 4.92 Å². The van der Waals surface area contributed by atoms with Crippen molar-refractivity contribution in [2.75, 3.05) is 5.32 Å². The lowest BCUT2D eigenvalue weighted by Gasteiger charge is -2.06. The quantitative estimate of drug-likeness (QED) is 0.505. The number of non-ortho nitro benzene ring substituents is 1. The standard InChI is InChI=1S/C16H10N4O2S/c17-9-12(10-18)11-19-13-6-14(20(21)22)8-16(7-13)23-15-4-2-1-3-5-15/h1-8,11,19H. The second-order valence-corrected chi connectivity index (χ2v) is 5.46. The number of nitro benzene ring substituents is 1. The van der Waals surface area contributed by atoms with Gasteiger partial charge in [0, 0.05) is 33.8 Å². The summed E-state index contributed by atoms with van der Waals surface area (Å²) < 4.78 is 0. The largest absolute Gasteiger partial charge is 0.360 e. The van der Waals surface area contributed by atoms with Crippen molar-refractivity contribution < 1.29 is 4.92 Å². The lowest BCUT2D eigenvalue weighted by molar-refractivity contribution is -0.385. The van der Waals surface area contributed by atoms with Gasteiger partial charge >= 0.3 is 0 Å². The van der Waals surface area contributed by atoms with E-state index in [2.05, 4.69) is 5.32 Å². The first-order chi connectivity index (χ1) is 11.1. The summed E-state index contributed by atoms with van der Waals surface area (Å²) in [5, 5.41) is 31.2.